The number of amides is 1. The molecule has 0 rings (SSSR count). The minimum Gasteiger partial charge on any atom is -0.323 e. The van der Waals surface area contributed by atoms with E-state index in [-0.39, 0.29) is 6.16 Å². The topological polar surface area (TPSA) is 75.6 Å². The average molecular weight is 179 g/mol. The third-order valence-corrected chi connectivity index (χ3v) is 2.05. The molecule has 0 radical (unpaired) electrons. The molecule has 0 aliphatic rings. The molecule has 0 aromatic rings. The first-order chi connectivity index (χ1) is 5.02. The van der Waals surface area contributed by atoms with Crippen molar-refractivity contribution < 1.29 is 18.9 Å². The maximum absolute atomic E-state index is 10.7. The van der Waals surface area contributed by atoms with Crippen LogP contribution in [0.4, 0.5) is 0 Å². The van der Waals surface area contributed by atoms with Crippen molar-refractivity contribution in [2.24, 2.45) is 0 Å². The van der Waals surface area contributed by atoms with Gasteiger partial charge in [0.15, 0.2) is 0 Å². The van der Waals surface area contributed by atoms with Gasteiger partial charge in [-0.1, -0.05) is 13.5 Å². The van der Waals surface area contributed by atoms with E-state index >= 15 is 0 Å². The van der Waals surface area contributed by atoms with Gasteiger partial charge in [0.1, 0.15) is 0 Å². The second kappa shape index (κ2) is 4.28. The van der Waals surface area contributed by atoms with Gasteiger partial charge in [-0.3, -0.25) is 9.36 Å². The molecular formula is C5H10NO4P. The second-order valence-electron chi connectivity index (χ2n) is 1.72. The van der Waals surface area contributed by atoms with Crippen LogP contribution < -0.4 is 5.48 Å². The SMILES string of the molecule is C=CC(=O)NOP(=O)(O)CC. The van der Waals surface area contributed by atoms with Gasteiger partial charge in [0.2, 0.25) is 0 Å². The molecule has 0 spiro atoms. The van der Waals surface area contributed by atoms with Crippen LogP contribution in [-0.2, 0) is 14.0 Å². The molecule has 0 aliphatic heterocycles. The fraction of sp³-hybridized carbons (Fsp3) is 0.400. The van der Waals surface area contributed by atoms with Gasteiger partial charge in [-0.15, -0.1) is 0 Å². The Morgan fingerprint density at radius 1 is 1.91 bits per heavy atom. The van der Waals surface area contributed by atoms with E-state index in [0.717, 1.165) is 6.08 Å². The summed E-state index contributed by atoms with van der Waals surface area (Å²) < 4.78 is 14.9. The van der Waals surface area contributed by atoms with Crippen molar-refractivity contribution in [2.75, 3.05) is 6.16 Å². The minimum atomic E-state index is -3.62. The van der Waals surface area contributed by atoms with E-state index in [0.29, 0.717) is 0 Å². The summed E-state index contributed by atoms with van der Waals surface area (Å²) >= 11 is 0. The zero-order chi connectivity index (χ0) is 8.91. The Bertz CT molecular complexity index is 203. The summed E-state index contributed by atoms with van der Waals surface area (Å²) in [6.45, 7) is 4.60. The number of carbonyl (C=O) groups is 1. The fourth-order valence-corrected chi connectivity index (χ4v) is 0.584. The van der Waals surface area contributed by atoms with Crippen LogP contribution in [0.5, 0.6) is 0 Å². The Morgan fingerprint density at radius 2 is 2.45 bits per heavy atom. The van der Waals surface area contributed by atoms with Gasteiger partial charge in [-0.2, -0.15) is 4.62 Å². The molecule has 0 aliphatic carbocycles. The van der Waals surface area contributed by atoms with Gasteiger partial charge in [0.25, 0.3) is 5.91 Å². The number of carbonyl (C=O) groups excluding carboxylic acids is 1. The number of hydrogen-bond donors (Lipinski definition) is 2. The molecule has 0 heterocycles. The highest BCUT2D eigenvalue weighted by Gasteiger charge is 2.16. The molecule has 64 valence electrons. The van der Waals surface area contributed by atoms with E-state index in [1.807, 2.05) is 0 Å². The molecule has 2 N–H and O–H groups in total. The molecule has 1 unspecified atom stereocenters. The molecule has 5 nitrogen and oxygen atoms in total. The standard InChI is InChI=1S/C5H10NO4P/c1-3-5(7)6-10-11(8,9)4-2/h3H,1,4H2,2H3,(H,6,7)(H,8,9). The molecule has 0 aromatic carbocycles. The first kappa shape index (κ1) is 10.4. The van der Waals surface area contributed by atoms with Crippen molar-refractivity contribution in [3.8, 4) is 0 Å². The zero-order valence-electron chi connectivity index (χ0n) is 6.11. The van der Waals surface area contributed by atoms with Crippen LogP contribution in [0.3, 0.4) is 0 Å². The highest BCUT2D eigenvalue weighted by atomic mass is 31.2. The summed E-state index contributed by atoms with van der Waals surface area (Å²) in [5.41, 5.74) is 1.75. The van der Waals surface area contributed by atoms with Crippen LogP contribution in [0.1, 0.15) is 6.92 Å². The molecule has 0 aromatic heterocycles. The van der Waals surface area contributed by atoms with Crippen LogP contribution in [0.2, 0.25) is 0 Å². The van der Waals surface area contributed by atoms with Crippen molar-refractivity contribution in [3.63, 3.8) is 0 Å². The normalized spacial score (nSPS) is 15.1. The minimum absolute atomic E-state index is 0.0512. The summed E-state index contributed by atoms with van der Waals surface area (Å²) in [4.78, 5) is 19.1. The van der Waals surface area contributed by atoms with E-state index in [9.17, 15) is 9.36 Å². The van der Waals surface area contributed by atoms with E-state index in [4.69, 9.17) is 4.89 Å². The summed E-state index contributed by atoms with van der Waals surface area (Å²) in [5.74, 6) is -0.646. The average Bonchev–Trinajstić information content (AvgIpc) is 2.00. The highest BCUT2D eigenvalue weighted by molar-refractivity contribution is 7.52. The lowest BCUT2D eigenvalue weighted by atomic mass is 10.6. The predicted molar refractivity (Wildman–Crippen MR) is 39.8 cm³/mol. The predicted octanol–water partition coefficient (Wildman–Crippen LogP) is 0.425. The molecule has 6 heteroatoms. The Kier molecular flexibility index (Phi) is 4.03. The Balaban J connectivity index is 3.79. The van der Waals surface area contributed by atoms with Crippen LogP contribution in [-0.4, -0.2) is 17.0 Å². The van der Waals surface area contributed by atoms with Crippen molar-refractivity contribution >= 4 is 13.5 Å². The molecule has 0 bridgehead atoms. The summed E-state index contributed by atoms with van der Waals surface area (Å²) in [5, 5.41) is 0. The van der Waals surface area contributed by atoms with Gasteiger partial charge >= 0.3 is 7.60 Å². The van der Waals surface area contributed by atoms with Gasteiger partial charge < -0.3 is 4.89 Å². The number of rotatable bonds is 4. The monoisotopic (exact) mass is 179 g/mol. The third kappa shape index (κ3) is 4.72. The van der Waals surface area contributed by atoms with Gasteiger partial charge in [-0.05, 0) is 6.08 Å². The lowest BCUT2D eigenvalue weighted by molar-refractivity contribution is -0.123. The van der Waals surface area contributed by atoms with Gasteiger partial charge in [0.05, 0.1) is 0 Å². The number of nitrogens with one attached hydrogen (secondary N) is 1. The first-order valence-corrected chi connectivity index (χ1v) is 4.71. The zero-order valence-corrected chi connectivity index (χ0v) is 7.01. The maximum Gasteiger partial charge on any atom is 0.348 e. The maximum atomic E-state index is 10.7. The lowest BCUT2D eigenvalue weighted by Crippen LogP contribution is -2.20. The summed E-state index contributed by atoms with van der Waals surface area (Å²) in [7, 11) is -3.62. The Labute approximate surface area is 64.5 Å². The molecule has 1 atom stereocenters. The third-order valence-electron chi connectivity index (χ3n) is 0.874. The van der Waals surface area contributed by atoms with Crippen LogP contribution >= 0.6 is 7.60 Å². The molecule has 0 saturated heterocycles. The first-order valence-electron chi connectivity index (χ1n) is 2.94. The van der Waals surface area contributed by atoms with E-state index in [1.165, 1.54) is 6.92 Å². The number of hydrogen-bond acceptors (Lipinski definition) is 3. The fourth-order valence-electron chi connectivity index (χ4n) is 0.223. The van der Waals surface area contributed by atoms with Gasteiger partial charge in [0, 0.05) is 6.16 Å². The van der Waals surface area contributed by atoms with E-state index in [1.54, 1.807) is 5.48 Å². The van der Waals surface area contributed by atoms with Crippen molar-refractivity contribution in [2.45, 2.75) is 6.92 Å². The quantitative estimate of drug-likeness (QED) is 0.372. The smallest absolute Gasteiger partial charge is 0.323 e. The van der Waals surface area contributed by atoms with Crippen LogP contribution in [0.15, 0.2) is 12.7 Å². The van der Waals surface area contributed by atoms with Crippen molar-refractivity contribution in [1.82, 2.24) is 5.48 Å². The van der Waals surface area contributed by atoms with Gasteiger partial charge in [-0.25, -0.2) is 5.48 Å². The second-order valence-corrected chi connectivity index (χ2v) is 3.81. The van der Waals surface area contributed by atoms with E-state index < -0.39 is 13.5 Å². The van der Waals surface area contributed by atoms with E-state index in [2.05, 4.69) is 11.2 Å². The molecule has 0 fully saturated rings. The van der Waals surface area contributed by atoms with Crippen LogP contribution in [0.25, 0.3) is 0 Å². The number of hydroxylamine groups is 1. The molecule has 1 amide bonds. The molecular weight excluding hydrogens is 169 g/mol. The largest absolute Gasteiger partial charge is 0.348 e. The van der Waals surface area contributed by atoms with Crippen LogP contribution in [0, 0.1) is 0 Å². The molecule has 0 saturated carbocycles. The van der Waals surface area contributed by atoms with Crippen molar-refractivity contribution in [3.05, 3.63) is 12.7 Å². The Morgan fingerprint density at radius 3 is 2.82 bits per heavy atom. The lowest BCUT2D eigenvalue weighted by Gasteiger charge is -2.07. The molecule has 11 heavy (non-hydrogen) atoms. The summed E-state index contributed by atoms with van der Waals surface area (Å²) in [6, 6.07) is 0. The summed E-state index contributed by atoms with van der Waals surface area (Å²) in [6.07, 6.45) is 0.889. The highest BCUT2D eigenvalue weighted by Crippen LogP contribution is 2.39. The van der Waals surface area contributed by atoms with Crippen molar-refractivity contribution in [1.29, 1.82) is 0 Å². The Hall–Kier alpha value is -0.640.